The van der Waals surface area contributed by atoms with Gasteiger partial charge in [0, 0.05) is 5.56 Å². The number of aromatic hydroxyl groups is 1. The van der Waals surface area contributed by atoms with E-state index in [0.717, 1.165) is 12.0 Å². The Morgan fingerprint density at radius 2 is 2.23 bits per heavy atom. The summed E-state index contributed by atoms with van der Waals surface area (Å²) in [7, 11) is 0. The second kappa shape index (κ2) is 4.70. The van der Waals surface area contributed by atoms with Crippen molar-refractivity contribution in [3.05, 3.63) is 41.8 Å². The van der Waals surface area contributed by atoms with Crippen molar-refractivity contribution in [1.82, 2.24) is 0 Å². The van der Waals surface area contributed by atoms with Crippen molar-refractivity contribution in [2.75, 3.05) is 0 Å². The van der Waals surface area contributed by atoms with E-state index in [1.54, 1.807) is 6.07 Å². The molecule has 0 atom stereocenters. The Bertz CT molecular complexity index is 300. The minimum Gasteiger partial charge on any atom is -0.507 e. The lowest BCUT2D eigenvalue weighted by atomic mass is 10.1. The number of hydrogen-bond acceptors (Lipinski definition) is 1. The standard InChI is InChI=1S/C12H14O/c1-3-5-10-7-8-12(13)11(9-10)6-4-2/h4,6-9,13H,5H2,1-2H3. The molecule has 0 aromatic heterocycles. The highest BCUT2D eigenvalue weighted by Gasteiger charge is 1.98. The maximum Gasteiger partial charge on any atom is 0.122 e. The molecule has 0 spiro atoms. The lowest BCUT2D eigenvalue weighted by Crippen LogP contribution is -1.84. The predicted molar refractivity (Wildman–Crippen MR) is 55.4 cm³/mol. The van der Waals surface area contributed by atoms with Crippen molar-refractivity contribution in [3.8, 4) is 5.75 Å². The molecule has 68 valence electrons. The summed E-state index contributed by atoms with van der Waals surface area (Å²) >= 11 is 0. The molecular formula is C12H14O. The summed E-state index contributed by atoms with van der Waals surface area (Å²) in [6, 6.07) is 5.62. The fraction of sp³-hybridized carbons (Fsp3) is 0.250. The summed E-state index contributed by atoms with van der Waals surface area (Å²) in [6.45, 7) is 3.84. The molecule has 0 unspecified atom stereocenters. The molecule has 1 rings (SSSR count). The highest BCUT2D eigenvalue weighted by Crippen LogP contribution is 2.20. The van der Waals surface area contributed by atoms with Crippen molar-refractivity contribution < 1.29 is 5.11 Å². The van der Waals surface area contributed by atoms with Crippen molar-refractivity contribution >= 4 is 6.08 Å². The maximum absolute atomic E-state index is 9.46. The fourth-order valence-electron chi connectivity index (χ4n) is 1.23. The molecule has 1 aromatic rings. The first-order valence-electron chi connectivity index (χ1n) is 4.37. The third kappa shape index (κ3) is 2.62. The fourth-order valence-corrected chi connectivity index (χ4v) is 1.23. The molecule has 1 heteroatoms. The zero-order valence-electron chi connectivity index (χ0n) is 8.04. The molecule has 0 bridgehead atoms. The second-order valence-electron chi connectivity index (χ2n) is 2.92. The van der Waals surface area contributed by atoms with Crippen LogP contribution in [0.5, 0.6) is 5.75 Å². The average molecular weight is 174 g/mol. The van der Waals surface area contributed by atoms with Gasteiger partial charge in [0.25, 0.3) is 0 Å². The zero-order valence-corrected chi connectivity index (χ0v) is 8.04. The normalized spacial score (nSPS) is 10.9. The lowest BCUT2D eigenvalue weighted by Gasteiger charge is -2.02. The molecule has 0 aliphatic heterocycles. The quantitative estimate of drug-likeness (QED) is 0.746. The molecule has 0 aliphatic carbocycles. The Hall–Kier alpha value is -1.24. The van der Waals surface area contributed by atoms with Crippen LogP contribution in [0.4, 0.5) is 0 Å². The summed E-state index contributed by atoms with van der Waals surface area (Å²) in [5.41, 5.74) is 2.05. The summed E-state index contributed by atoms with van der Waals surface area (Å²) in [6.07, 6.45) is 7.70. The first kappa shape index (κ1) is 9.85. The average Bonchev–Trinajstić information content (AvgIpc) is 2.12. The van der Waals surface area contributed by atoms with Crippen molar-refractivity contribution in [3.63, 3.8) is 0 Å². The van der Waals surface area contributed by atoms with Crippen LogP contribution in [0.1, 0.15) is 25.0 Å². The van der Waals surface area contributed by atoms with E-state index in [-0.39, 0.29) is 0 Å². The van der Waals surface area contributed by atoms with Gasteiger partial charge in [0.05, 0.1) is 0 Å². The molecule has 0 heterocycles. The van der Waals surface area contributed by atoms with Crippen LogP contribution in [-0.2, 0) is 6.42 Å². The Morgan fingerprint density at radius 1 is 1.46 bits per heavy atom. The highest BCUT2D eigenvalue weighted by atomic mass is 16.3. The van der Waals surface area contributed by atoms with Crippen LogP contribution in [-0.4, -0.2) is 5.11 Å². The Labute approximate surface area is 79.7 Å². The zero-order chi connectivity index (χ0) is 9.68. The van der Waals surface area contributed by atoms with Gasteiger partial charge in [-0.2, -0.15) is 0 Å². The monoisotopic (exact) mass is 174 g/mol. The summed E-state index contributed by atoms with van der Waals surface area (Å²) in [5.74, 6) is 0.331. The van der Waals surface area contributed by atoms with Crippen LogP contribution in [0.15, 0.2) is 24.3 Å². The topological polar surface area (TPSA) is 20.2 Å². The van der Waals surface area contributed by atoms with Crippen LogP contribution in [0.25, 0.3) is 6.08 Å². The van der Waals surface area contributed by atoms with Gasteiger partial charge in [0.2, 0.25) is 0 Å². The van der Waals surface area contributed by atoms with Crippen molar-refractivity contribution in [1.29, 1.82) is 0 Å². The minimum atomic E-state index is 0.331. The molecule has 0 fully saturated rings. The molecule has 0 amide bonds. The van der Waals surface area contributed by atoms with E-state index < -0.39 is 0 Å². The lowest BCUT2D eigenvalue weighted by molar-refractivity contribution is 0.474. The molecule has 13 heavy (non-hydrogen) atoms. The molecule has 0 saturated heterocycles. The van der Waals surface area contributed by atoms with Crippen LogP contribution in [0.3, 0.4) is 0 Å². The Morgan fingerprint density at radius 3 is 2.85 bits per heavy atom. The molecule has 0 aliphatic rings. The van der Waals surface area contributed by atoms with E-state index in [4.69, 9.17) is 0 Å². The van der Waals surface area contributed by atoms with E-state index in [1.165, 1.54) is 5.56 Å². The Kier molecular flexibility index (Phi) is 3.56. The van der Waals surface area contributed by atoms with E-state index in [0.29, 0.717) is 5.75 Å². The molecule has 1 aromatic carbocycles. The SMILES string of the molecule is C[C]Cc1ccc(O)c(C=CC)c1. The van der Waals surface area contributed by atoms with Gasteiger partial charge >= 0.3 is 0 Å². The van der Waals surface area contributed by atoms with Gasteiger partial charge in [-0.05, 0) is 37.5 Å². The number of hydrogen-bond donors (Lipinski definition) is 1. The third-order valence-corrected chi connectivity index (χ3v) is 1.82. The maximum atomic E-state index is 9.46. The van der Waals surface area contributed by atoms with Gasteiger partial charge in [-0.1, -0.05) is 25.1 Å². The van der Waals surface area contributed by atoms with Gasteiger partial charge in [-0.25, -0.2) is 0 Å². The molecule has 1 nitrogen and oxygen atoms in total. The van der Waals surface area contributed by atoms with Gasteiger partial charge in [0.15, 0.2) is 0 Å². The third-order valence-electron chi connectivity index (χ3n) is 1.82. The molecule has 1 N–H and O–H groups in total. The van der Waals surface area contributed by atoms with E-state index in [1.807, 2.05) is 38.1 Å². The number of phenolic OH excluding ortho intramolecular Hbond substituents is 1. The van der Waals surface area contributed by atoms with E-state index in [9.17, 15) is 5.11 Å². The number of benzene rings is 1. The van der Waals surface area contributed by atoms with E-state index in [2.05, 4.69) is 6.42 Å². The Balaban J connectivity index is 2.96. The number of rotatable bonds is 3. The van der Waals surface area contributed by atoms with Crippen molar-refractivity contribution in [2.45, 2.75) is 20.3 Å². The number of phenols is 1. The first-order chi connectivity index (χ1) is 6.27. The van der Waals surface area contributed by atoms with Crippen LogP contribution < -0.4 is 0 Å². The van der Waals surface area contributed by atoms with Crippen LogP contribution in [0, 0.1) is 6.42 Å². The predicted octanol–water partition coefficient (Wildman–Crippen LogP) is 3.07. The van der Waals surface area contributed by atoms with Crippen LogP contribution in [0.2, 0.25) is 0 Å². The summed E-state index contributed by atoms with van der Waals surface area (Å²) < 4.78 is 0. The van der Waals surface area contributed by atoms with Gasteiger partial charge in [-0.15, -0.1) is 0 Å². The summed E-state index contributed by atoms with van der Waals surface area (Å²) in [4.78, 5) is 0. The molecular weight excluding hydrogens is 160 g/mol. The highest BCUT2D eigenvalue weighted by molar-refractivity contribution is 5.57. The minimum absolute atomic E-state index is 0.331. The van der Waals surface area contributed by atoms with E-state index >= 15 is 0 Å². The van der Waals surface area contributed by atoms with Gasteiger partial charge in [-0.3, -0.25) is 0 Å². The van der Waals surface area contributed by atoms with Gasteiger partial charge in [0.1, 0.15) is 5.75 Å². The van der Waals surface area contributed by atoms with Crippen molar-refractivity contribution in [2.24, 2.45) is 0 Å². The van der Waals surface area contributed by atoms with Crippen LogP contribution >= 0.6 is 0 Å². The largest absolute Gasteiger partial charge is 0.507 e. The second-order valence-corrected chi connectivity index (χ2v) is 2.92. The smallest absolute Gasteiger partial charge is 0.122 e. The molecule has 2 radical (unpaired) electrons. The summed E-state index contributed by atoms with van der Waals surface area (Å²) in [5, 5.41) is 9.46. The van der Waals surface area contributed by atoms with Gasteiger partial charge < -0.3 is 5.11 Å². The number of allylic oxidation sites excluding steroid dienone is 1. The molecule has 0 saturated carbocycles. The first-order valence-corrected chi connectivity index (χ1v) is 4.37.